The maximum Gasteiger partial charge on any atom is 0.111 e. The van der Waals surface area contributed by atoms with Crippen LogP contribution in [-0.2, 0) is 6.42 Å². The summed E-state index contributed by atoms with van der Waals surface area (Å²) in [6, 6.07) is 13.4. The second-order valence-electron chi connectivity index (χ2n) is 9.12. The van der Waals surface area contributed by atoms with Crippen LogP contribution in [0.1, 0.15) is 74.0 Å². The number of imidazole rings is 1. The van der Waals surface area contributed by atoms with Gasteiger partial charge in [0.15, 0.2) is 0 Å². The molecule has 0 spiro atoms. The van der Waals surface area contributed by atoms with Gasteiger partial charge in [-0.05, 0) is 74.8 Å². The summed E-state index contributed by atoms with van der Waals surface area (Å²) in [6.45, 7) is 0.730. The number of para-hydroxylation sites is 2. The van der Waals surface area contributed by atoms with E-state index in [2.05, 4.69) is 46.7 Å². The Bertz CT molecular complexity index is 943. The molecule has 3 atom stereocenters. The SMILES string of the molecule is NCCCC(NC1CCCc2cccnc21)C(CC1CC1)c1nc2ccccc2[nH]1. The highest BCUT2D eigenvalue weighted by Gasteiger charge is 2.35. The Morgan fingerprint density at radius 1 is 1.13 bits per heavy atom. The largest absolute Gasteiger partial charge is 0.342 e. The molecule has 5 nitrogen and oxygen atoms in total. The van der Waals surface area contributed by atoms with Crippen LogP contribution in [0.3, 0.4) is 0 Å². The van der Waals surface area contributed by atoms with Gasteiger partial charge in [-0.25, -0.2) is 4.98 Å². The summed E-state index contributed by atoms with van der Waals surface area (Å²) < 4.78 is 0. The summed E-state index contributed by atoms with van der Waals surface area (Å²) >= 11 is 0. The lowest BCUT2D eigenvalue weighted by molar-refractivity contribution is 0.309. The molecule has 1 aromatic carbocycles. The maximum absolute atomic E-state index is 5.94. The highest BCUT2D eigenvalue weighted by atomic mass is 15.0. The number of nitrogens with two attached hydrogens (primary N) is 1. The molecule has 0 saturated heterocycles. The standard InChI is InChI=1S/C25H33N5/c26-14-4-11-20(28-23-10-3-6-18-7-5-15-27-24(18)23)19(16-17-12-13-17)25-29-21-8-1-2-9-22(21)30-25/h1-2,5,7-9,15,17,19-20,23,28H,3-4,6,10-14,16,26H2,(H,29,30). The fourth-order valence-electron chi connectivity index (χ4n) is 5.10. The van der Waals surface area contributed by atoms with Crippen molar-refractivity contribution in [3.05, 3.63) is 59.7 Å². The smallest absolute Gasteiger partial charge is 0.111 e. The van der Waals surface area contributed by atoms with Crippen molar-refractivity contribution < 1.29 is 0 Å². The van der Waals surface area contributed by atoms with Crippen LogP contribution < -0.4 is 11.1 Å². The fourth-order valence-corrected chi connectivity index (χ4v) is 5.10. The van der Waals surface area contributed by atoms with Crippen molar-refractivity contribution in [2.24, 2.45) is 11.7 Å². The Kier molecular flexibility index (Phi) is 5.82. The molecule has 0 bridgehead atoms. The monoisotopic (exact) mass is 403 g/mol. The fraction of sp³-hybridized carbons (Fsp3) is 0.520. The zero-order chi connectivity index (χ0) is 20.3. The van der Waals surface area contributed by atoms with E-state index in [1.807, 2.05) is 6.20 Å². The normalized spacial score (nSPS) is 20.8. The number of rotatable bonds is 9. The molecule has 158 valence electrons. The first-order chi connectivity index (χ1) is 14.8. The van der Waals surface area contributed by atoms with Crippen LogP contribution in [0.4, 0.5) is 0 Å². The summed E-state index contributed by atoms with van der Waals surface area (Å²) in [5.74, 6) is 2.35. The van der Waals surface area contributed by atoms with Crippen molar-refractivity contribution in [3.63, 3.8) is 0 Å². The second-order valence-corrected chi connectivity index (χ2v) is 9.12. The van der Waals surface area contributed by atoms with Crippen molar-refractivity contribution in [1.82, 2.24) is 20.3 Å². The third-order valence-corrected chi connectivity index (χ3v) is 6.86. The van der Waals surface area contributed by atoms with Gasteiger partial charge in [0.1, 0.15) is 5.82 Å². The number of hydrogen-bond donors (Lipinski definition) is 3. The van der Waals surface area contributed by atoms with Gasteiger partial charge in [-0.1, -0.05) is 31.0 Å². The van der Waals surface area contributed by atoms with E-state index in [-0.39, 0.29) is 0 Å². The van der Waals surface area contributed by atoms with Crippen molar-refractivity contribution in [3.8, 4) is 0 Å². The number of aromatic nitrogens is 3. The summed E-state index contributed by atoms with van der Waals surface area (Å²) in [5, 5.41) is 4.04. The molecule has 5 rings (SSSR count). The predicted molar refractivity (Wildman–Crippen MR) is 121 cm³/mol. The number of pyridine rings is 1. The maximum atomic E-state index is 5.94. The summed E-state index contributed by atoms with van der Waals surface area (Å²) in [5.41, 5.74) is 10.8. The molecular weight excluding hydrogens is 370 g/mol. The van der Waals surface area contributed by atoms with Gasteiger partial charge in [-0.15, -0.1) is 0 Å². The third-order valence-electron chi connectivity index (χ3n) is 6.86. The molecule has 2 aliphatic carbocycles. The summed E-state index contributed by atoms with van der Waals surface area (Å²) in [7, 11) is 0. The van der Waals surface area contributed by atoms with Gasteiger partial charge < -0.3 is 16.0 Å². The van der Waals surface area contributed by atoms with Crippen LogP contribution in [0.25, 0.3) is 11.0 Å². The Morgan fingerprint density at radius 3 is 2.87 bits per heavy atom. The molecule has 5 heteroatoms. The molecule has 4 N–H and O–H groups in total. The van der Waals surface area contributed by atoms with Crippen molar-refractivity contribution >= 4 is 11.0 Å². The van der Waals surface area contributed by atoms with Crippen LogP contribution in [0.15, 0.2) is 42.6 Å². The minimum absolute atomic E-state index is 0.323. The summed E-state index contributed by atoms with van der Waals surface area (Å²) in [4.78, 5) is 13.4. The van der Waals surface area contributed by atoms with Crippen LogP contribution in [0.5, 0.6) is 0 Å². The van der Waals surface area contributed by atoms with E-state index < -0.39 is 0 Å². The van der Waals surface area contributed by atoms with Crippen LogP contribution in [0.2, 0.25) is 0 Å². The van der Waals surface area contributed by atoms with Gasteiger partial charge in [-0.2, -0.15) is 0 Å². The second kappa shape index (κ2) is 8.86. The molecule has 2 heterocycles. The lowest BCUT2D eigenvalue weighted by Gasteiger charge is -2.33. The van der Waals surface area contributed by atoms with E-state index in [0.717, 1.165) is 55.0 Å². The molecule has 2 aliphatic rings. The first-order valence-electron chi connectivity index (χ1n) is 11.7. The highest BCUT2D eigenvalue weighted by molar-refractivity contribution is 5.74. The van der Waals surface area contributed by atoms with E-state index >= 15 is 0 Å². The number of aromatic amines is 1. The van der Waals surface area contributed by atoms with E-state index in [1.54, 1.807) is 0 Å². The number of H-pyrrole nitrogens is 1. The molecule has 3 unspecified atom stereocenters. The number of hydrogen-bond acceptors (Lipinski definition) is 4. The van der Waals surface area contributed by atoms with Gasteiger partial charge in [0.25, 0.3) is 0 Å². The van der Waals surface area contributed by atoms with Gasteiger partial charge >= 0.3 is 0 Å². The highest BCUT2D eigenvalue weighted by Crippen LogP contribution is 2.41. The Labute approximate surface area is 178 Å². The lowest BCUT2D eigenvalue weighted by atomic mass is 9.86. The first kappa shape index (κ1) is 19.7. The van der Waals surface area contributed by atoms with E-state index in [1.165, 1.54) is 36.9 Å². The molecule has 1 saturated carbocycles. The average Bonchev–Trinajstić information content (AvgIpc) is 3.50. The Hall–Kier alpha value is -2.24. The topological polar surface area (TPSA) is 79.6 Å². The molecule has 1 fully saturated rings. The number of benzene rings is 1. The minimum Gasteiger partial charge on any atom is -0.342 e. The molecule has 2 aromatic heterocycles. The van der Waals surface area contributed by atoms with Crippen molar-refractivity contribution in [2.45, 2.75) is 69.4 Å². The number of fused-ring (bicyclic) bond motifs is 2. The molecular formula is C25H33N5. The van der Waals surface area contributed by atoms with Crippen molar-refractivity contribution in [2.75, 3.05) is 6.54 Å². The van der Waals surface area contributed by atoms with E-state index in [0.29, 0.717) is 18.0 Å². The van der Waals surface area contributed by atoms with E-state index in [9.17, 15) is 0 Å². The summed E-state index contributed by atoms with van der Waals surface area (Å²) in [6.07, 6.45) is 11.5. The Morgan fingerprint density at radius 2 is 2.03 bits per heavy atom. The van der Waals surface area contributed by atoms with Gasteiger partial charge in [-0.3, -0.25) is 4.98 Å². The van der Waals surface area contributed by atoms with Crippen LogP contribution in [-0.4, -0.2) is 27.5 Å². The van der Waals surface area contributed by atoms with Crippen LogP contribution >= 0.6 is 0 Å². The molecule has 0 amide bonds. The number of nitrogens with zero attached hydrogens (tertiary/aromatic N) is 2. The van der Waals surface area contributed by atoms with Gasteiger partial charge in [0, 0.05) is 24.2 Å². The number of nitrogens with one attached hydrogen (secondary N) is 2. The van der Waals surface area contributed by atoms with Gasteiger partial charge in [0.05, 0.1) is 16.7 Å². The zero-order valence-corrected chi connectivity index (χ0v) is 17.7. The average molecular weight is 404 g/mol. The first-order valence-corrected chi connectivity index (χ1v) is 11.7. The third kappa shape index (κ3) is 4.28. The minimum atomic E-state index is 0.323. The quantitative estimate of drug-likeness (QED) is 0.487. The lowest BCUT2D eigenvalue weighted by Crippen LogP contribution is -2.40. The zero-order valence-electron chi connectivity index (χ0n) is 17.7. The molecule has 0 aliphatic heterocycles. The molecule has 0 radical (unpaired) electrons. The molecule has 30 heavy (non-hydrogen) atoms. The number of aryl methyl sites for hydroxylation is 1. The van der Waals surface area contributed by atoms with E-state index in [4.69, 9.17) is 15.7 Å². The van der Waals surface area contributed by atoms with Crippen molar-refractivity contribution in [1.29, 1.82) is 0 Å². The molecule has 3 aromatic rings. The Balaban J connectivity index is 1.45. The van der Waals surface area contributed by atoms with Gasteiger partial charge in [0.2, 0.25) is 0 Å². The predicted octanol–water partition coefficient (Wildman–Crippen LogP) is 4.62. The van der Waals surface area contributed by atoms with Crippen LogP contribution in [0, 0.1) is 5.92 Å².